The van der Waals surface area contributed by atoms with Crippen molar-refractivity contribution in [3.63, 3.8) is 0 Å². The maximum atomic E-state index is 15.3. The molecule has 2 aromatic carbocycles. The summed E-state index contributed by atoms with van der Waals surface area (Å²) in [7, 11) is 0. The van der Waals surface area contributed by atoms with Crippen molar-refractivity contribution >= 4 is 28.6 Å². The minimum atomic E-state index is -0.278. The molecule has 2 unspecified atom stereocenters. The van der Waals surface area contributed by atoms with E-state index in [9.17, 15) is 4.79 Å². The number of nitrogens with zero attached hydrogens (tertiary/aromatic N) is 3. The van der Waals surface area contributed by atoms with Crippen molar-refractivity contribution in [2.24, 2.45) is 17.8 Å². The fraction of sp³-hybridized carbons (Fsp3) is 0.433. The zero-order valence-corrected chi connectivity index (χ0v) is 22.1. The molecular formula is C30H34FN3O2S. The molecule has 3 aliphatic rings. The summed E-state index contributed by atoms with van der Waals surface area (Å²) in [5.74, 6) is 1.35. The second-order valence-corrected chi connectivity index (χ2v) is 11.4. The highest BCUT2D eigenvalue weighted by Crippen LogP contribution is 2.52. The molecule has 37 heavy (non-hydrogen) atoms. The molecule has 0 radical (unpaired) electrons. The van der Waals surface area contributed by atoms with E-state index >= 15 is 4.39 Å². The number of hydrogen-bond donors (Lipinski definition) is 0. The molecule has 1 aromatic heterocycles. The van der Waals surface area contributed by atoms with Crippen LogP contribution in [0.4, 0.5) is 15.8 Å². The van der Waals surface area contributed by atoms with E-state index in [1.165, 1.54) is 22.5 Å². The number of fused-ring (bicyclic) bond motifs is 1. The van der Waals surface area contributed by atoms with Crippen molar-refractivity contribution in [2.45, 2.75) is 19.9 Å². The molecule has 6 rings (SSSR count). The molecule has 2 saturated heterocycles. The number of likely N-dealkylation sites (tertiary alicyclic amines) is 1. The van der Waals surface area contributed by atoms with Gasteiger partial charge in [0.2, 0.25) is 0 Å². The smallest absolute Gasteiger partial charge is 0.268 e. The molecular weight excluding hydrogens is 485 g/mol. The van der Waals surface area contributed by atoms with Crippen molar-refractivity contribution in [1.82, 2.24) is 4.90 Å². The Morgan fingerprint density at radius 2 is 1.78 bits per heavy atom. The lowest BCUT2D eigenvalue weighted by atomic mass is 10.1. The summed E-state index contributed by atoms with van der Waals surface area (Å²) < 4.78 is 20.7. The number of rotatable bonds is 8. The predicted octanol–water partition coefficient (Wildman–Crippen LogP) is 5.31. The second kappa shape index (κ2) is 10.6. The van der Waals surface area contributed by atoms with Gasteiger partial charge in [-0.05, 0) is 64.9 Å². The van der Waals surface area contributed by atoms with E-state index in [1.807, 2.05) is 39.4 Å². The third-order valence-electron chi connectivity index (χ3n) is 8.25. The highest BCUT2D eigenvalue weighted by molar-refractivity contribution is 7.12. The first-order chi connectivity index (χ1) is 18.1. The first-order valence-corrected chi connectivity index (χ1v) is 14.3. The topological polar surface area (TPSA) is 36.0 Å². The van der Waals surface area contributed by atoms with Gasteiger partial charge in [-0.25, -0.2) is 4.39 Å². The number of aryl methyl sites for hydroxylation is 1. The summed E-state index contributed by atoms with van der Waals surface area (Å²) in [6.45, 7) is 8.51. The van der Waals surface area contributed by atoms with Crippen molar-refractivity contribution in [1.29, 1.82) is 0 Å². The molecule has 3 fully saturated rings. The summed E-state index contributed by atoms with van der Waals surface area (Å²) >= 11 is 1.44. The Bertz CT molecular complexity index is 1210. The number of piperidine rings is 1. The highest BCUT2D eigenvalue weighted by atomic mass is 32.1. The van der Waals surface area contributed by atoms with Crippen LogP contribution in [0.2, 0.25) is 0 Å². The van der Waals surface area contributed by atoms with Crippen molar-refractivity contribution in [2.75, 3.05) is 55.7 Å². The van der Waals surface area contributed by atoms with Gasteiger partial charge in [0.1, 0.15) is 5.82 Å². The van der Waals surface area contributed by atoms with Crippen LogP contribution in [0.3, 0.4) is 0 Å². The molecule has 0 spiro atoms. The lowest BCUT2D eigenvalue weighted by molar-refractivity contribution is 0.0988. The number of thiophene rings is 1. The summed E-state index contributed by atoms with van der Waals surface area (Å²) in [6, 6.07) is 18.0. The van der Waals surface area contributed by atoms with E-state index in [0.29, 0.717) is 66.9 Å². The highest BCUT2D eigenvalue weighted by Gasteiger charge is 2.56. The maximum Gasteiger partial charge on any atom is 0.268 e. The number of halogens is 1. The molecule has 2 aliphatic heterocycles. The quantitative estimate of drug-likeness (QED) is 0.404. The van der Waals surface area contributed by atoms with Gasteiger partial charge in [-0.15, -0.1) is 11.3 Å². The average Bonchev–Trinajstić information content (AvgIpc) is 3.31. The Balaban J connectivity index is 1.14. The Labute approximate surface area is 222 Å². The van der Waals surface area contributed by atoms with E-state index in [-0.39, 0.29) is 11.7 Å². The lowest BCUT2D eigenvalue weighted by Crippen LogP contribution is -2.37. The molecule has 1 amide bonds. The van der Waals surface area contributed by atoms with E-state index < -0.39 is 0 Å². The Morgan fingerprint density at radius 3 is 2.43 bits per heavy atom. The number of hydrogen-bond acceptors (Lipinski definition) is 5. The standard InChI is InChI=1S/C30H34FN3O2S/c1-2-21-5-7-22(8-6-21)17-32-18-24-25(19-32)26(24)20-34(30(35)29-4-3-15-37-29)23-9-10-28(27(31)16-23)33-11-13-36-14-12-33/h3-10,15-16,24-26H,2,11-14,17-20H2,1H3. The van der Waals surface area contributed by atoms with Gasteiger partial charge in [0, 0.05) is 45.0 Å². The fourth-order valence-electron chi connectivity index (χ4n) is 6.05. The molecule has 5 nitrogen and oxygen atoms in total. The molecule has 0 bridgehead atoms. The minimum absolute atomic E-state index is 0.0358. The molecule has 1 aliphatic carbocycles. The van der Waals surface area contributed by atoms with Crippen LogP contribution in [-0.2, 0) is 17.7 Å². The Kier molecular flexibility index (Phi) is 7.02. The summed E-state index contributed by atoms with van der Waals surface area (Å²) in [6.07, 6.45) is 1.07. The number of amides is 1. The maximum absolute atomic E-state index is 15.3. The fourth-order valence-corrected chi connectivity index (χ4v) is 6.72. The van der Waals surface area contributed by atoms with Crippen LogP contribution in [0.25, 0.3) is 0 Å². The zero-order valence-electron chi connectivity index (χ0n) is 21.3. The van der Waals surface area contributed by atoms with Gasteiger partial charge in [-0.3, -0.25) is 9.69 Å². The van der Waals surface area contributed by atoms with Crippen LogP contribution in [0, 0.1) is 23.6 Å². The molecule has 7 heteroatoms. The van der Waals surface area contributed by atoms with Gasteiger partial charge < -0.3 is 14.5 Å². The largest absolute Gasteiger partial charge is 0.378 e. The summed E-state index contributed by atoms with van der Waals surface area (Å²) in [4.78, 5) is 20.6. The van der Waals surface area contributed by atoms with Crippen molar-refractivity contribution < 1.29 is 13.9 Å². The number of morpholine rings is 1. The van der Waals surface area contributed by atoms with Gasteiger partial charge in [-0.1, -0.05) is 37.3 Å². The monoisotopic (exact) mass is 519 g/mol. The van der Waals surface area contributed by atoms with Crippen LogP contribution in [-0.4, -0.2) is 56.7 Å². The van der Waals surface area contributed by atoms with Crippen LogP contribution in [0.15, 0.2) is 60.0 Å². The number of ether oxygens (including phenoxy) is 1. The van der Waals surface area contributed by atoms with Gasteiger partial charge in [0.15, 0.2) is 0 Å². The Morgan fingerprint density at radius 1 is 1.05 bits per heavy atom. The Hall–Kier alpha value is -2.74. The molecule has 1 saturated carbocycles. The lowest BCUT2D eigenvalue weighted by Gasteiger charge is -2.30. The zero-order chi connectivity index (χ0) is 25.4. The number of benzene rings is 2. The SMILES string of the molecule is CCc1ccc(CN2CC3C(C2)C3CN(C(=O)c2cccs2)c2ccc(N3CCOCC3)c(F)c2)cc1. The van der Waals surface area contributed by atoms with Crippen LogP contribution in [0.5, 0.6) is 0 Å². The summed E-state index contributed by atoms with van der Waals surface area (Å²) in [5.41, 5.74) is 3.96. The molecule has 3 heterocycles. The van der Waals surface area contributed by atoms with Gasteiger partial charge in [-0.2, -0.15) is 0 Å². The number of carbonyl (C=O) groups excluding carboxylic acids is 1. The van der Waals surface area contributed by atoms with E-state index in [2.05, 4.69) is 36.1 Å². The van der Waals surface area contributed by atoms with Crippen LogP contribution in [0.1, 0.15) is 27.7 Å². The molecule has 194 valence electrons. The van der Waals surface area contributed by atoms with Gasteiger partial charge in [0.25, 0.3) is 5.91 Å². The van der Waals surface area contributed by atoms with Gasteiger partial charge in [0.05, 0.1) is 23.8 Å². The molecule has 3 aromatic rings. The number of anilines is 2. The minimum Gasteiger partial charge on any atom is -0.378 e. The second-order valence-electron chi connectivity index (χ2n) is 10.5. The van der Waals surface area contributed by atoms with E-state index in [4.69, 9.17) is 4.74 Å². The van der Waals surface area contributed by atoms with Crippen LogP contribution >= 0.6 is 11.3 Å². The van der Waals surface area contributed by atoms with Crippen LogP contribution < -0.4 is 9.80 Å². The summed E-state index contributed by atoms with van der Waals surface area (Å²) in [5, 5.41) is 1.92. The average molecular weight is 520 g/mol. The normalized spacial score (nSPS) is 23.2. The van der Waals surface area contributed by atoms with Crippen molar-refractivity contribution in [3.05, 3.63) is 81.8 Å². The first-order valence-electron chi connectivity index (χ1n) is 13.4. The number of carbonyl (C=O) groups is 1. The van der Waals surface area contributed by atoms with Crippen molar-refractivity contribution in [3.8, 4) is 0 Å². The molecule has 2 atom stereocenters. The van der Waals surface area contributed by atoms with E-state index in [0.717, 1.165) is 26.1 Å². The third-order valence-corrected chi connectivity index (χ3v) is 9.11. The van der Waals surface area contributed by atoms with E-state index in [1.54, 1.807) is 6.07 Å². The first kappa shape index (κ1) is 24.6. The predicted molar refractivity (Wildman–Crippen MR) is 147 cm³/mol. The van der Waals surface area contributed by atoms with Gasteiger partial charge >= 0.3 is 0 Å². The molecule has 0 N–H and O–H groups in total. The third kappa shape index (κ3) is 5.17.